The van der Waals surface area contributed by atoms with Gasteiger partial charge in [0.15, 0.2) is 9.84 Å². The van der Waals surface area contributed by atoms with E-state index in [2.05, 4.69) is 10.3 Å². The molecule has 1 fully saturated rings. The average Bonchev–Trinajstić information content (AvgIpc) is 2.85. The van der Waals surface area contributed by atoms with E-state index in [9.17, 15) is 13.2 Å². The van der Waals surface area contributed by atoms with Crippen LogP contribution in [0.25, 0.3) is 0 Å². The second kappa shape index (κ2) is 6.19. The molecular weight excluding hydrogens is 298 g/mol. The van der Waals surface area contributed by atoms with Gasteiger partial charge in [-0.2, -0.15) is 0 Å². The number of aromatic nitrogens is 1. The van der Waals surface area contributed by atoms with E-state index in [1.807, 2.05) is 24.4 Å². The summed E-state index contributed by atoms with van der Waals surface area (Å²) in [5.41, 5.74) is 0.741. The zero-order valence-corrected chi connectivity index (χ0v) is 13.3. The lowest BCUT2D eigenvalue weighted by Gasteiger charge is -2.09. The van der Waals surface area contributed by atoms with Gasteiger partial charge in [0.1, 0.15) is 5.01 Å². The number of thiazole rings is 1. The molecule has 1 N–H and O–H groups in total. The second-order valence-corrected chi connectivity index (χ2v) is 8.49. The van der Waals surface area contributed by atoms with Crippen LogP contribution in [0.2, 0.25) is 0 Å². The summed E-state index contributed by atoms with van der Waals surface area (Å²) >= 11 is 1.53. The van der Waals surface area contributed by atoms with Gasteiger partial charge in [-0.1, -0.05) is 0 Å². The molecule has 0 aliphatic carbocycles. The van der Waals surface area contributed by atoms with Gasteiger partial charge in [0, 0.05) is 18.0 Å². The van der Waals surface area contributed by atoms with Crippen molar-refractivity contribution < 1.29 is 13.2 Å². The number of carbonyl (C=O) groups is 1. The zero-order chi connectivity index (χ0) is 14.8. The highest BCUT2D eigenvalue weighted by Crippen LogP contribution is 2.13. The van der Waals surface area contributed by atoms with Crippen molar-refractivity contribution in [3.05, 3.63) is 16.1 Å². The maximum atomic E-state index is 11.9. The molecule has 1 atom stereocenters. The van der Waals surface area contributed by atoms with Gasteiger partial charge in [-0.25, -0.2) is 13.4 Å². The predicted molar refractivity (Wildman–Crippen MR) is 78.4 cm³/mol. The molecule has 6 nitrogen and oxygen atoms in total. The molecule has 2 rings (SSSR count). The molecule has 1 unspecified atom stereocenters. The van der Waals surface area contributed by atoms with Crippen LogP contribution in [0.4, 0.5) is 0 Å². The van der Waals surface area contributed by atoms with Gasteiger partial charge in [-0.3, -0.25) is 4.79 Å². The summed E-state index contributed by atoms with van der Waals surface area (Å²) in [7, 11) is 0.976. The van der Waals surface area contributed by atoms with Crippen LogP contribution in [-0.2, 0) is 27.6 Å². The Morgan fingerprint density at radius 1 is 1.55 bits per heavy atom. The molecule has 0 spiro atoms. The normalized spacial score (nSPS) is 21.2. The Morgan fingerprint density at radius 3 is 2.90 bits per heavy atom. The monoisotopic (exact) mass is 317 g/mol. The molecule has 0 bridgehead atoms. The number of carbonyl (C=O) groups excluding carboxylic acids is 1. The number of amides is 1. The molecule has 0 aromatic carbocycles. The number of hydrogen-bond acceptors (Lipinski definition) is 6. The summed E-state index contributed by atoms with van der Waals surface area (Å²) in [6, 6.07) is -0.243. The Labute approximate surface area is 123 Å². The number of sulfone groups is 1. The van der Waals surface area contributed by atoms with Crippen molar-refractivity contribution in [3.8, 4) is 0 Å². The first-order valence-corrected chi connectivity index (χ1v) is 9.12. The highest BCUT2D eigenvalue weighted by molar-refractivity contribution is 7.91. The number of nitrogens with zero attached hydrogens (tertiary/aromatic N) is 2. The van der Waals surface area contributed by atoms with E-state index in [0.717, 1.165) is 17.2 Å². The minimum absolute atomic E-state index is 0.0572. The molecule has 8 heteroatoms. The highest BCUT2D eigenvalue weighted by atomic mass is 32.2. The van der Waals surface area contributed by atoms with Gasteiger partial charge in [-0.05, 0) is 20.5 Å². The molecule has 1 saturated heterocycles. The van der Waals surface area contributed by atoms with Crippen molar-refractivity contribution in [3.63, 3.8) is 0 Å². The number of rotatable bonds is 5. The van der Waals surface area contributed by atoms with E-state index in [-0.39, 0.29) is 29.9 Å². The summed E-state index contributed by atoms with van der Waals surface area (Å²) < 4.78 is 22.6. The van der Waals surface area contributed by atoms with E-state index in [1.54, 1.807) is 0 Å². The molecule has 1 aromatic rings. The highest BCUT2D eigenvalue weighted by Gasteiger charge is 2.28. The summed E-state index contributed by atoms with van der Waals surface area (Å²) in [6.45, 7) is 0.757. The maximum absolute atomic E-state index is 11.9. The van der Waals surface area contributed by atoms with Crippen molar-refractivity contribution in [1.29, 1.82) is 0 Å². The van der Waals surface area contributed by atoms with Crippen molar-refractivity contribution in [2.24, 2.45) is 0 Å². The van der Waals surface area contributed by atoms with Crippen LogP contribution < -0.4 is 5.32 Å². The molecule has 20 heavy (non-hydrogen) atoms. The van der Waals surface area contributed by atoms with Crippen molar-refractivity contribution in [1.82, 2.24) is 15.2 Å². The standard InChI is InChI=1S/C12H19N3O3S2/c1-15(2)6-12-14-10(7-19-12)5-11(16)13-9-3-4-20(17,18)8-9/h7,9H,3-6,8H2,1-2H3,(H,13,16). The van der Waals surface area contributed by atoms with Gasteiger partial charge in [0.25, 0.3) is 0 Å². The molecule has 1 aromatic heterocycles. The van der Waals surface area contributed by atoms with E-state index < -0.39 is 9.84 Å². The summed E-state index contributed by atoms with van der Waals surface area (Å²) in [5.74, 6) is 0.0670. The van der Waals surface area contributed by atoms with Crippen LogP contribution in [0.3, 0.4) is 0 Å². The Balaban J connectivity index is 1.84. The Morgan fingerprint density at radius 2 is 2.30 bits per heavy atom. The number of nitrogens with one attached hydrogen (secondary N) is 1. The lowest BCUT2D eigenvalue weighted by atomic mass is 10.2. The lowest BCUT2D eigenvalue weighted by Crippen LogP contribution is -2.36. The quantitative estimate of drug-likeness (QED) is 0.830. The molecule has 0 radical (unpaired) electrons. The molecule has 112 valence electrons. The Kier molecular flexibility index (Phi) is 4.77. The fourth-order valence-electron chi connectivity index (χ4n) is 2.13. The van der Waals surface area contributed by atoms with Gasteiger partial charge >= 0.3 is 0 Å². The minimum atomic E-state index is -2.96. The third kappa shape index (κ3) is 4.53. The third-order valence-electron chi connectivity index (χ3n) is 2.99. The van der Waals surface area contributed by atoms with Crippen LogP contribution in [0.5, 0.6) is 0 Å². The van der Waals surface area contributed by atoms with Crippen LogP contribution in [0, 0.1) is 0 Å². The summed E-state index contributed by atoms with van der Waals surface area (Å²) in [5, 5.41) is 5.62. The first-order chi connectivity index (χ1) is 9.34. The summed E-state index contributed by atoms with van der Waals surface area (Å²) in [4.78, 5) is 18.3. The SMILES string of the molecule is CN(C)Cc1nc(CC(=O)NC2CCS(=O)(=O)C2)cs1. The minimum Gasteiger partial charge on any atom is -0.352 e. The van der Waals surface area contributed by atoms with Gasteiger partial charge < -0.3 is 10.2 Å². The van der Waals surface area contributed by atoms with Crippen LogP contribution in [0.1, 0.15) is 17.1 Å². The number of hydrogen-bond donors (Lipinski definition) is 1. The molecule has 1 aliphatic heterocycles. The van der Waals surface area contributed by atoms with Gasteiger partial charge in [-0.15, -0.1) is 11.3 Å². The van der Waals surface area contributed by atoms with Crippen molar-refractivity contribution >= 4 is 27.1 Å². The van der Waals surface area contributed by atoms with Crippen LogP contribution in [0.15, 0.2) is 5.38 Å². The van der Waals surface area contributed by atoms with E-state index >= 15 is 0 Å². The molecule has 0 saturated carbocycles. The molecule has 1 aliphatic rings. The van der Waals surface area contributed by atoms with E-state index in [1.165, 1.54) is 11.3 Å². The second-order valence-electron chi connectivity index (χ2n) is 5.31. The van der Waals surface area contributed by atoms with Crippen molar-refractivity contribution in [2.75, 3.05) is 25.6 Å². The van der Waals surface area contributed by atoms with E-state index in [0.29, 0.717) is 6.42 Å². The smallest absolute Gasteiger partial charge is 0.226 e. The zero-order valence-electron chi connectivity index (χ0n) is 11.6. The fourth-order valence-corrected chi connectivity index (χ4v) is 4.71. The average molecular weight is 317 g/mol. The van der Waals surface area contributed by atoms with Crippen LogP contribution in [-0.4, -0.2) is 55.9 Å². The van der Waals surface area contributed by atoms with Crippen molar-refractivity contribution in [2.45, 2.75) is 25.4 Å². The lowest BCUT2D eigenvalue weighted by molar-refractivity contribution is -0.121. The van der Waals surface area contributed by atoms with Gasteiger partial charge in [0.05, 0.1) is 23.6 Å². The van der Waals surface area contributed by atoms with E-state index in [4.69, 9.17) is 0 Å². The first-order valence-electron chi connectivity index (χ1n) is 6.42. The Bertz CT molecular complexity index is 581. The fraction of sp³-hybridized carbons (Fsp3) is 0.667. The summed E-state index contributed by atoms with van der Waals surface area (Å²) in [6.07, 6.45) is 0.720. The topological polar surface area (TPSA) is 79.4 Å². The molecule has 2 heterocycles. The predicted octanol–water partition coefficient (Wildman–Crippen LogP) is 0.0505. The maximum Gasteiger partial charge on any atom is 0.226 e. The molecule has 1 amide bonds. The first kappa shape index (κ1) is 15.4. The third-order valence-corrected chi connectivity index (χ3v) is 5.64. The van der Waals surface area contributed by atoms with Crippen LogP contribution >= 0.6 is 11.3 Å². The van der Waals surface area contributed by atoms with Gasteiger partial charge in [0.2, 0.25) is 5.91 Å². The largest absolute Gasteiger partial charge is 0.352 e. The Hall–Kier alpha value is -0.990. The molecular formula is C12H19N3O3S2.